The Morgan fingerprint density at radius 1 is 1.43 bits per heavy atom. The lowest BCUT2D eigenvalue weighted by molar-refractivity contribution is 0.0951. The van der Waals surface area contributed by atoms with Crippen LogP contribution in [-0.4, -0.2) is 12.5 Å². The van der Waals surface area contributed by atoms with Gasteiger partial charge in [-0.15, -0.1) is 0 Å². The third kappa shape index (κ3) is 1.62. The summed E-state index contributed by atoms with van der Waals surface area (Å²) in [5, 5.41) is 0. The molecule has 3 N–H and O–H groups in total. The number of nitrogen functional groups attached to an aromatic ring is 1. The van der Waals surface area contributed by atoms with Gasteiger partial charge in [0, 0.05) is 5.56 Å². The SMILES string of the molecule is NNC(=O)c1ccc2c(c1)COCC2. The Morgan fingerprint density at radius 3 is 3.07 bits per heavy atom. The van der Waals surface area contributed by atoms with Crippen LogP contribution in [0.2, 0.25) is 0 Å². The maximum absolute atomic E-state index is 11.2. The second-order valence-electron chi connectivity index (χ2n) is 3.26. The van der Waals surface area contributed by atoms with Gasteiger partial charge in [0.1, 0.15) is 0 Å². The molecule has 1 amide bonds. The van der Waals surface area contributed by atoms with Gasteiger partial charge in [0.15, 0.2) is 0 Å². The predicted molar refractivity (Wildman–Crippen MR) is 51.5 cm³/mol. The number of benzene rings is 1. The number of fused-ring (bicyclic) bond motifs is 1. The Kier molecular flexibility index (Phi) is 2.47. The van der Waals surface area contributed by atoms with Gasteiger partial charge in [-0.3, -0.25) is 10.2 Å². The van der Waals surface area contributed by atoms with E-state index in [1.807, 2.05) is 12.1 Å². The molecule has 14 heavy (non-hydrogen) atoms. The fraction of sp³-hybridized carbons (Fsp3) is 0.300. The van der Waals surface area contributed by atoms with Crippen molar-refractivity contribution >= 4 is 5.91 Å². The highest BCUT2D eigenvalue weighted by atomic mass is 16.5. The maximum atomic E-state index is 11.2. The molecule has 0 aliphatic carbocycles. The first-order valence-corrected chi connectivity index (χ1v) is 4.52. The summed E-state index contributed by atoms with van der Waals surface area (Å²) in [4.78, 5) is 11.2. The minimum Gasteiger partial charge on any atom is -0.376 e. The predicted octanol–water partition coefficient (Wildman–Crippen LogP) is 0.363. The molecule has 0 atom stereocenters. The zero-order valence-electron chi connectivity index (χ0n) is 7.75. The van der Waals surface area contributed by atoms with E-state index in [0.29, 0.717) is 12.2 Å². The van der Waals surface area contributed by atoms with E-state index in [-0.39, 0.29) is 5.91 Å². The highest BCUT2D eigenvalue weighted by Gasteiger charge is 2.11. The van der Waals surface area contributed by atoms with Gasteiger partial charge in [0.05, 0.1) is 13.2 Å². The second-order valence-corrected chi connectivity index (χ2v) is 3.26. The maximum Gasteiger partial charge on any atom is 0.265 e. The number of ether oxygens (including phenoxy) is 1. The number of nitrogens with two attached hydrogens (primary N) is 1. The molecule has 0 radical (unpaired) electrons. The van der Waals surface area contributed by atoms with Gasteiger partial charge in [-0.05, 0) is 29.7 Å². The van der Waals surface area contributed by atoms with Crippen LogP contribution in [0.25, 0.3) is 0 Å². The molecular weight excluding hydrogens is 180 g/mol. The van der Waals surface area contributed by atoms with Gasteiger partial charge in [-0.2, -0.15) is 0 Å². The normalized spacial score (nSPS) is 14.6. The molecule has 0 bridgehead atoms. The number of nitrogens with one attached hydrogen (secondary N) is 1. The van der Waals surface area contributed by atoms with Gasteiger partial charge < -0.3 is 4.74 Å². The first-order chi connectivity index (χ1) is 6.81. The lowest BCUT2D eigenvalue weighted by Gasteiger charge is -2.16. The molecule has 74 valence electrons. The van der Waals surface area contributed by atoms with E-state index in [0.717, 1.165) is 18.6 Å². The van der Waals surface area contributed by atoms with E-state index < -0.39 is 0 Å². The van der Waals surface area contributed by atoms with Crippen LogP contribution in [-0.2, 0) is 17.8 Å². The first kappa shape index (κ1) is 9.18. The van der Waals surface area contributed by atoms with Gasteiger partial charge in [-0.25, -0.2) is 5.84 Å². The molecular formula is C10H12N2O2. The molecule has 4 nitrogen and oxygen atoms in total. The minimum absolute atomic E-state index is 0.265. The van der Waals surface area contributed by atoms with E-state index in [9.17, 15) is 4.79 Å². The fourth-order valence-electron chi connectivity index (χ4n) is 1.59. The summed E-state index contributed by atoms with van der Waals surface area (Å²) in [5.41, 5.74) is 5.02. The number of amides is 1. The van der Waals surface area contributed by atoms with E-state index in [1.165, 1.54) is 5.56 Å². The number of hydrazine groups is 1. The van der Waals surface area contributed by atoms with Crippen molar-refractivity contribution in [3.05, 3.63) is 34.9 Å². The molecule has 0 unspecified atom stereocenters. The second kappa shape index (κ2) is 3.77. The summed E-state index contributed by atoms with van der Waals surface area (Å²) in [5.74, 6) is 4.78. The highest BCUT2D eigenvalue weighted by Crippen LogP contribution is 2.18. The average Bonchev–Trinajstić information content (AvgIpc) is 2.27. The van der Waals surface area contributed by atoms with Crippen LogP contribution in [0.3, 0.4) is 0 Å². The Bertz CT molecular complexity index is 363. The van der Waals surface area contributed by atoms with Crippen molar-refractivity contribution in [2.75, 3.05) is 6.61 Å². The van der Waals surface area contributed by atoms with E-state index >= 15 is 0 Å². The minimum atomic E-state index is -0.265. The molecule has 1 aliphatic rings. The van der Waals surface area contributed by atoms with Gasteiger partial charge in [0.2, 0.25) is 0 Å². The molecule has 0 aromatic heterocycles. The molecule has 1 aliphatic heterocycles. The van der Waals surface area contributed by atoms with E-state index in [4.69, 9.17) is 10.6 Å². The van der Waals surface area contributed by atoms with Gasteiger partial charge >= 0.3 is 0 Å². The standard InChI is InChI=1S/C10H12N2O2/c11-12-10(13)8-2-1-7-3-4-14-6-9(7)5-8/h1-2,5H,3-4,6,11H2,(H,12,13). The van der Waals surface area contributed by atoms with Gasteiger partial charge in [0.25, 0.3) is 5.91 Å². The number of carbonyl (C=O) groups excluding carboxylic acids is 1. The van der Waals surface area contributed by atoms with Crippen LogP contribution in [0.5, 0.6) is 0 Å². The van der Waals surface area contributed by atoms with Crippen molar-refractivity contribution in [2.24, 2.45) is 5.84 Å². The van der Waals surface area contributed by atoms with Crippen molar-refractivity contribution in [1.29, 1.82) is 0 Å². The zero-order chi connectivity index (χ0) is 9.97. The summed E-state index contributed by atoms with van der Waals surface area (Å²) in [6, 6.07) is 5.57. The summed E-state index contributed by atoms with van der Waals surface area (Å²) in [7, 11) is 0. The molecule has 1 aromatic rings. The van der Waals surface area contributed by atoms with Crippen molar-refractivity contribution in [3.8, 4) is 0 Å². The smallest absolute Gasteiger partial charge is 0.265 e. The van der Waals surface area contributed by atoms with Crippen LogP contribution >= 0.6 is 0 Å². The largest absolute Gasteiger partial charge is 0.376 e. The molecule has 2 rings (SSSR count). The summed E-state index contributed by atoms with van der Waals surface area (Å²) in [6.07, 6.45) is 0.917. The monoisotopic (exact) mass is 192 g/mol. The lowest BCUT2D eigenvalue weighted by atomic mass is 10.0. The van der Waals surface area contributed by atoms with E-state index in [2.05, 4.69) is 5.43 Å². The first-order valence-electron chi connectivity index (χ1n) is 4.52. The van der Waals surface area contributed by atoms with Crippen molar-refractivity contribution in [1.82, 2.24) is 5.43 Å². The summed E-state index contributed by atoms with van der Waals surface area (Å²) < 4.78 is 5.30. The molecule has 0 saturated carbocycles. The lowest BCUT2D eigenvalue weighted by Crippen LogP contribution is -2.30. The van der Waals surface area contributed by atoms with Crippen molar-refractivity contribution in [2.45, 2.75) is 13.0 Å². The number of rotatable bonds is 1. The average molecular weight is 192 g/mol. The Balaban J connectivity index is 2.33. The third-order valence-electron chi connectivity index (χ3n) is 2.37. The Hall–Kier alpha value is -1.39. The molecule has 0 saturated heterocycles. The molecule has 0 fully saturated rings. The van der Waals surface area contributed by atoms with Gasteiger partial charge in [-0.1, -0.05) is 6.07 Å². The molecule has 0 spiro atoms. The van der Waals surface area contributed by atoms with Crippen LogP contribution < -0.4 is 11.3 Å². The van der Waals surface area contributed by atoms with Crippen molar-refractivity contribution in [3.63, 3.8) is 0 Å². The zero-order valence-corrected chi connectivity index (χ0v) is 7.75. The van der Waals surface area contributed by atoms with Crippen LogP contribution in [0.1, 0.15) is 21.5 Å². The number of carbonyl (C=O) groups is 1. The highest BCUT2D eigenvalue weighted by molar-refractivity contribution is 5.94. The number of hydrogen-bond donors (Lipinski definition) is 2. The Morgan fingerprint density at radius 2 is 2.29 bits per heavy atom. The fourth-order valence-corrected chi connectivity index (χ4v) is 1.59. The molecule has 4 heteroatoms. The van der Waals surface area contributed by atoms with Crippen LogP contribution in [0, 0.1) is 0 Å². The summed E-state index contributed by atoms with van der Waals surface area (Å²) >= 11 is 0. The molecule has 1 heterocycles. The number of hydrogen-bond acceptors (Lipinski definition) is 3. The van der Waals surface area contributed by atoms with Crippen LogP contribution in [0.15, 0.2) is 18.2 Å². The molecule has 1 aromatic carbocycles. The third-order valence-corrected chi connectivity index (χ3v) is 2.37. The topological polar surface area (TPSA) is 64.3 Å². The van der Waals surface area contributed by atoms with E-state index in [1.54, 1.807) is 6.07 Å². The Labute approximate surface area is 82.0 Å². The van der Waals surface area contributed by atoms with Crippen LogP contribution in [0.4, 0.5) is 0 Å². The quantitative estimate of drug-likeness (QED) is 0.383. The van der Waals surface area contributed by atoms with Crippen molar-refractivity contribution < 1.29 is 9.53 Å². The summed E-state index contributed by atoms with van der Waals surface area (Å²) in [6.45, 7) is 1.34.